The Labute approximate surface area is 119 Å². The van der Waals surface area contributed by atoms with E-state index in [0.717, 1.165) is 25.2 Å². The highest BCUT2D eigenvalue weighted by atomic mass is 16.6. The van der Waals surface area contributed by atoms with E-state index in [1.165, 1.54) is 19.3 Å². The van der Waals surface area contributed by atoms with Crippen LogP contribution in [0.15, 0.2) is 12.3 Å². The molecule has 1 saturated heterocycles. The van der Waals surface area contributed by atoms with E-state index >= 15 is 0 Å². The third-order valence-corrected chi connectivity index (χ3v) is 3.56. The number of likely N-dealkylation sites (tertiary alicyclic amines) is 1. The number of nitrogens with zero attached hydrogens (tertiary/aromatic N) is 3. The van der Waals surface area contributed by atoms with E-state index < -0.39 is 0 Å². The van der Waals surface area contributed by atoms with Gasteiger partial charge in [-0.3, -0.25) is 10.1 Å². The molecule has 110 valence electrons. The Kier molecular flexibility index (Phi) is 4.89. The second-order valence-electron chi connectivity index (χ2n) is 5.54. The molecule has 2 heterocycles. The Morgan fingerprint density at radius 3 is 2.80 bits per heavy atom. The molecule has 6 nitrogen and oxygen atoms in total. The van der Waals surface area contributed by atoms with Gasteiger partial charge in [0.1, 0.15) is 0 Å². The molecular weight excluding hydrogens is 256 g/mol. The van der Waals surface area contributed by atoms with E-state index in [4.69, 9.17) is 0 Å². The third-order valence-electron chi connectivity index (χ3n) is 3.56. The summed E-state index contributed by atoms with van der Waals surface area (Å²) in [5, 5.41) is 14.2. The molecule has 0 aliphatic carbocycles. The summed E-state index contributed by atoms with van der Waals surface area (Å²) < 4.78 is 0. The maximum absolute atomic E-state index is 11.1. The molecule has 0 aromatic carbocycles. The van der Waals surface area contributed by atoms with Gasteiger partial charge in [-0.15, -0.1) is 0 Å². The van der Waals surface area contributed by atoms with E-state index in [9.17, 15) is 10.1 Å². The molecule has 1 aromatic rings. The molecular formula is C14H22N4O2. The number of piperidine rings is 1. The zero-order chi connectivity index (χ0) is 14.5. The molecule has 0 amide bonds. The SMILES string of the molecule is Cc1cnc(NC(C)CN2CCCCC2)c([N+](=O)[O-])c1. The van der Waals surface area contributed by atoms with Crippen molar-refractivity contribution in [1.29, 1.82) is 0 Å². The van der Waals surface area contributed by atoms with Crippen molar-refractivity contribution in [2.75, 3.05) is 25.0 Å². The summed E-state index contributed by atoms with van der Waals surface area (Å²) in [6.07, 6.45) is 5.46. The first-order valence-corrected chi connectivity index (χ1v) is 7.16. The van der Waals surface area contributed by atoms with Gasteiger partial charge in [0, 0.05) is 24.8 Å². The Morgan fingerprint density at radius 2 is 2.15 bits per heavy atom. The average Bonchev–Trinajstić information content (AvgIpc) is 2.41. The van der Waals surface area contributed by atoms with Crippen molar-refractivity contribution in [3.8, 4) is 0 Å². The Hall–Kier alpha value is -1.69. The number of aryl methyl sites for hydroxylation is 1. The van der Waals surface area contributed by atoms with Crippen molar-refractivity contribution < 1.29 is 4.92 Å². The highest BCUT2D eigenvalue weighted by Gasteiger charge is 2.19. The lowest BCUT2D eigenvalue weighted by Gasteiger charge is -2.29. The molecule has 1 aliphatic heterocycles. The standard InChI is InChI=1S/C14H22N4O2/c1-11-8-13(18(19)20)14(15-9-11)16-12(2)10-17-6-4-3-5-7-17/h8-9,12H,3-7,10H2,1-2H3,(H,15,16). The largest absolute Gasteiger partial charge is 0.361 e. The zero-order valence-electron chi connectivity index (χ0n) is 12.1. The normalized spacial score (nSPS) is 17.7. The van der Waals surface area contributed by atoms with Gasteiger partial charge in [-0.25, -0.2) is 4.98 Å². The van der Waals surface area contributed by atoms with E-state index in [1.54, 1.807) is 19.2 Å². The molecule has 1 fully saturated rings. The van der Waals surface area contributed by atoms with E-state index in [2.05, 4.69) is 15.2 Å². The van der Waals surface area contributed by atoms with Crippen molar-refractivity contribution in [2.45, 2.75) is 39.2 Å². The lowest BCUT2D eigenvalue weighted by molar-refractivity contribution is -0.384. The summed E-state index contributed by atoms with van der Waals surface area (Å²) in [7, 11) is 0. The topological polar surface area (TPSA) is 71.3 Å². The number of nitro groups is 1. The highest BCUT2D eigenvalue weighted by Crippen LogP contribution is 2.23. The summed E-state index contributed by atoms with van der Waals surface area (Å²) in [6, 6.07) is 1.70. The van der Waals surface area contributed by atoms with Gasteiger partial charge in [-0.1, -0.05) is 6.42 Å². The summed E-state index contributed by atoms with van der Waals surface area (Å²) in [5.41, 5.74) is 0.849. The van der Waals surface area contributed by atoms with Crippen LogP contribution in [0.1, 0.15) is 31.7 Å². The van der Waals surface area contributed by atoms with Crippen LogP contribution in [0, 0.1) is 17.0 Å². The fourth-order valence-electron chi connectivity index (χ4n) is 2.61. The minimum atomic E-state index is -0.379. The Morgan fingerprint density at radius 1 is 1.45 bits per heavy atom. The summed E-state index contributed by atoms with van der Waals surface area (Å²) in [5.74, 6) is 0.366. The first-order valence-electron chi connectivity index (χ1n) is 7.16. The van der Waals surface area contributed by atoms with Gasteiger partial charge in [0.2, 0.25) is 5.82 Å². The van der Waals surface area contributed by atoms with Crippen molar-refractivity contribution in [3.05, 3.63) is 27.9 Å². The quantitative estimate of drug-likeness (QED) is 0.662. The van der Waals surface area contributed by atoms with Gasteiger partial charge in [-0.05, 0) is 45.3 Å². The van der Waals surface area contributed by atoms with Crippen LogP contribution >= 0.6 is 0 Å². The molecule has 1 aromatic heterocycles. The maximum Gasteiger partial charge on any atom is 0.311 e. The number of rotatable bonds is 5. The predicted molar refractivity (Wildman–Crippen MR) is 79.0 cm³/mol. The minimum absolute atomic E-state index is 0.0514. The zero-order valence-corrected chi connectivity index (χ0v) is 12.1. The molecule has 1 N–H and O–H groups in total. The summed E-state index contributed by atoms with van der Waals surface area (Å²) in [6.45, 7) is 6.98. The molecule has 0 saturated carbocycles. The van der Waals surface area contributed by atoms with E-state index in [0.29, 0.717) is 5.82 Å². The van der Waals surface area contributed by atoms with Crippen molar-refractivity contribution in [1.82, 2.24) is 9.88 Å². The van der Waals surface area contributed by atoms with Crippen LogP contribution in [0.25, 0.3) is 0 Å². The molecule has 0 bridgehead atoms. The number of anilines is 1. The van der Waals surface area contributed by atoms with Gasteiger partial charge >= 0.3 is 5.69 Å². The van der Waals surface area contributed by atoms with Gasteiger partial charge in [0.15, 0.2) is 0 Å². The van der Waals surface area contributed by atoms with Crippen molar-refractivity contribution >= 4 is 11.5 Å². The van der Waals surface area contributed by atoms with Crippen LogP contribution < -0.4 is 5.32 Å². The fraction of sp³-hybridized carbons (Fsp3) is 0.643. The molecule has 0 radical (unpaired) electrons. The smallest absolute Gasteiger partial charge is 0.311 e. The molecule has 1 atom stereocenters. The van der Waals surface area contributed by atoms with Gasteiger partial charge in [0.05, 0.1) is 4.92 Å². The van der Waals surface area contributed by atoms with E-state index in [1.807, 2.05) is 6.92 Å². The first-order chi connectivity index (χ1) is 9.56. The summed E-state index contributed by atoms with van der Waals surface area (Å²) >= 11 is 0. The van der Waals surface area contributed by atoms with Crippen LogP contribution in [-0.2, 0) is 0 Å². The molecule has 0 spiro atoms. The van der Waals surface area contributed by atoms with Gasteiger partial charge < -0.3 is 10.2 Å². The lowest BCUT2D eigenvalue weighted by Crippen LogP contribution is -2.38. The molecule has 1 aliphatic rings. The number of nitrogens with one attached hydrogen (secondary N) is 1. The van der Waals surface area contributed by atoms with E-state index in [-0.39, 0.29) is 16.7 Å². The summed E-state index contributed by atoms with van der Waals surface area (Å²) in [4.78, 5) is 17.2. The Balaban J connectivity index is 1.99. The fourth-order valence-corrected chi connectivity index (χ4v) is 2.61. The number of pyridine rings is 1. The molecule has 1 unspecified atom stereocenters. The van der Waals surface area contributed by atoms with Crippen LogP contribution in [0.5, 0.6) is 0 Å². The average molecular weight is 278 g/mol. The molecule has 20 heavy (non-hydrogen) atoms. The monoisotopic (exact) mass is 278 g/mol. The first kappa shape index (κ1) is 14.7. The number of hydrogen-bond acceptors (Lipinski definition) is 5. The minimum Gasteiger partial charge on any atom is -0.361 e. The van der Waals surface area contributed by atoms with Crippen LogP contribution in [0.4, 0.5) is 11.5 Å². The van der Waals surface area contributed by atoms with Crippen molar-refractivity contribution in [2.24, 2.45) is 0 Å². The lowest BCUT2D eigenvalue weighted by atomic mass is 10.1. The number of aromatic nitrogens is 1. The van der Waals surface area contributed by atoms with Crippen molar-refractivity contribution in [3.63, 3.8) is 0 Å². The highest BCUT2D eigenvalue weighted by molar-refractivity contribution is 5.57. The molecule has 6 heteroatoms. The van der Waals surface area contributed by atoms with Gasteiger partial charge in [-0.2, -0.15) is 0 Å². The maximum atomic E-state index is 11.1. The Bertz CT molecular complexity index is 472. The van der Waals surface area contributed by atoms with Crippen LogP contribution in [-0.4, -0.2) is 40.5 Å². The predicted octanol–water partition coefficient (Wildman–Crippen LogP) is 2.58. The van der Waals surface area contributed by atoms with Crippen LogP contribution in [0.2, 0.25) is 0 Å². The van der Waals surface area contributed by atoms with Gasteiger partial charge in [0.25, 0.3) is 0 Å². The number of hydrogen-bond donors (Lipinski definition) is 1. The third kappa shape index (κ3) is 3.90. The van der Waals surface area contributed by atoms with Crippen LogP contribution in [0.3, 0.4) is 0 Å². The second kappa shape index (κ2) is 6.65. The second-order valence-corrected chi connectivity index (χ2v) is 5.54. The molecule has 2 rings (SSSR count).